The summed E-state index contributed by atoms with van der Waals surface area (Å²) in [6.45, 7) is 2.26. The molecule has 6 rings (SSSR count). The molecule has 3 nitrogen and oxygen atoms in total. The Morgan fingerprint density at radius 3 is 2.68 bits per heavy atom. The van der Waals surface area contributed by atoms with Gasteiger partial charge in [0.25, 0.3) is 5.91 Å². The highest BCUT2D eigenvalue weighted by molar-refractivity contribution is 7.20. The summed E-state index contributed by atoms with van der Waals surface area (Å²) in [5.41, 5.74) is 0.147. The van der Waals surface area contributed by atoms with Crippen LogP contribution in [0.15, 0.2) is 12.1 Å². The molecule has 1 N–H and O–H groups in total. The third kappa shape index (κ3) is 2.27. The Kier molecular flexibility index (Phi) is 3.44. The van der Waals surface area contributed by atoms with Crippen molar-refractivity contribution in [2.45, 2.75) is 37.3 Å². The maximum absolute atomic E-state index is 14.2. The Balaban J connectivity index is 1.45. The predicted molar refractivity (Wildman–Crippen MR) is 94.3 cm³/mol. The average Bonchev–Trinajstić information content (AvgIpc) is 3.27. The molecule has 7 heteroatoms. The van der Waals surface area contributed by atoms with Crippen molar-refractivity contribution < 1.29 is 13.6 Å². The lowest BCUT2D eigenvalue weighted by Crippen LogP contribution is -2.65. The van der Waals surface area contributed by atoms with Gasteiger partial charge in [0.15, 0.2) is 5.82 Å². The lowest BCUT2D eigenvalue weighted by molar-refractivity contribution is -0.00138. The van der Waals surface area contributed by atoms with Gasteiger partial charge in [0, 0.05) is 5.54 Å². The number of rotatable bonds is 2. The van der Waals surface area contributed by atoms with Gasteiger partial charge in [0.2, 0.25) is 0 Å². The average molecular weight is 383 g/mol. The fraction of sp³-hybridized carbons (Fsp3) is 0.500. The van der Waals surface area contributed by atoms with Gasteiger partial charge in [-0.05, 0) is 62.2 Å². The summed E-state index contributed by atoms with van der Waals surface area (Å²) < 4.78 is 28.0. The second kappa shape index (κ2) is 5.38. The highest BCUT2D eigenvalue weighted by Gasteiger charge is 2.60. The van der Waals surface area contributed by atoms with Crippen LogP contribution in [0.25, 0.3) is 10.1 Å². The smallest absolute Gasteiger partial charge is 0.261 e. The van der Waals surface area contributed by atoms with E-state index in [9.17, 15) is 13.6 Å². The second-order valence-electron chi connectivity index (χ2n) is 7.39. The van der Waals surface area contributed by atoms with Crippen LogP contribution in [0.4, 0.5) is 8.78 Å². The normalized spacial score (nSPS) is 29.3. The van der Waals surface area contributed by atoms with Crippen LogP contribution in [0.1, 0.15) is 35.4 Å². The van der Waals surface area contributed by atoms with Crippen molar-refractivity contribution in [2.24, 2.45) is 5.92 Å². The number of carbonyl (C=O) groups is 1. The maximum atomic E-state index is 14.2. The molecule has 1 spiro atoms. The summed E-state index contributed by atoms with van der Waals surface area (Å²) >= 11 is 6.67. The molecule has 2 bridgehead atoms. The first-order valence-corrected chi connectivity index (χ1v) is 9.82. The predicted octanol–water partition coefficient (Wildman–Crippen LogP) is 4.19. The van der Waals surface area contributed by atoms with Crippen LogP contribution in [0.2, 0.25) is 5.02 Å². The molecule has 1 amide bonds. The molecular formula is C18H17ClF2N2OS. The number of hydrogen-bond donors (Lipinski definition) is 1. The minimum absolute atomic E-state index is 0.147. The molecular weight excluding hydrogens is 366 g/mol. The molecule has 1 aliphatic carbocycles. The highest BCUT2D eigenvalue weighted by atomic mass is 35.5. The van der Waals surface area contributed by atoms with Gasteiger partial charge in [-0.25, -0.2) is 8.78 Å². The number of carbonyl (C=O) groups excluding carboxylic acids is 1. The van der Waals surface area contributed by atoms with Gasteiger partial charge in [0.05, 0.1) is 15.6 Å². The van der Waals surface area contributed by atoms with E-state index < -0.39 is 16.7 Å². The van der Waals surface area contributed by atoms with Gasteiger partial charge in [-0.3, -0.25) is 9.69 Å². The number of nitrogens with zero attached hydrogens (tertiary/aromatic N) is 1. The Morgan fingerprint density at radius 1 is 1.28 bits per heavy atom. The second-order valence-corrected chi connectivity index (χ2v) is 8.82. The van der Waals surface area contributed by atoms with Gasteiger partial charge in [-0.15, -0.1) is 11.3 Å². The van der Waals surface area contributed by atoms with Crippen molar-refractivity contribution in [3.8, 4) is 0 Å². The van der Waals surface area contributed by atoms with Crippen LogP contribution >= 0.6 is 22.9 Å². The molecule has 3 saturated heterocycles. The zero-order valence-electron chi connectivity index (χ0n) is 13.4. The lowest BCUT2D eigenvalue weighted by Gasteiger charge is -2.52. The zero-order valence-corrected chi connectivity index (χ0v) is 15.0. The number of thiophene rings is 1. The fourth-order valence-electron chi connectivity index (χ4n) is 4.73. The van der Waals surface area contributed by atoms with Crippen LogP contribution in [0.5, 0.6) is 0 Å². The molecule has 0 unspecified atom stereocenters. The van der Waals surface area contributed by atoms with Crippen LogP contribution in [-0.2, 0) is 0 Å². The van der Waals surface area contributed by atoms with E-state index in [0.29, 0.717) is 16.2 Å². The lowest BCUT2D eigenvalue weighted by atomic mass is 9.77. The number of hydrogen-bond acceptors (Lipinski definition) is 3. The van der Waals surface area contributed by atoms with Crippen molar-refractivity contribution in [1.82, 2.24) is 10.2 Å². The van der Waals surface area contributed by atoms with E-state index in [1.54, 1.807) is 6.07 Å². The van der Waals surface area contributed by atoms with Crippen molar-refractivity contribution in [3.63, 3.8) is 0 Å². The van der Waals surface area contributed by atoms with Gasteiger partial charge < -0.3 is 5.32 Å². The van der Waals surface area contributed by atoms with Crippen molar-refractivity contribution in [3.05, 3.63) is 33.7 Å². The van der Waals surface area contributed by atoms with Crippen LogP contribution in [-0.4, -0.2) is 35.5 Å². The first kappa shape index (κ1) is 16.0. The Hall–Kier alpha value is -1.24. The van der Waals surface area contributed by atoms with Crippen molar-refractivity contribution in [2.75, 3.05) is 13.1 Å². The van der Waals surface area contributed by atoms with E-state index in [-0.39, 0.29) is 22.2 Å². The minimum atomic E-state index is -0.800. The molecule has 1 aromatic carbocycles. The molecule has 4 aliphatic rings. The Labute approximate surface area is 152 Å². The standard InChI is InChI=1S/C18H17ClF2N2OS/c19-13-11(20)7-10-8-12(25-15(10)14(13)21)17(24)22-16-9-1-5-23(6-2-9)18(16)3-4-18/h7-9,16H,1-6H2,(H,22,24)/t16-/m1/s1. The number of amides is 1. The Morgan fingerprint density at radius 2 is 2.00 bits per heavy atom. The molecule has 1 atom stereocenters. The molecule has 4 heterocycles. The molecule has 0 radical (unpaired) electrons. The molecule has 3 aliphatic heterocycles. The number of fused-ring (bicyclic) bond motifs is 3. The van der Waals surface area contributed by atoms with E-state index in [2.05, 4.69) is 10.2 Å². The summed E-state index contributed by atoms with van der Waals surface area (Å²) in [6, 6.07) is 2.90. The van der Waals surface area contributed by atoms with E-state index in [1.807, 2.05) is 0 Å². The van der Waals surface area contributed by atoms with Crippen LogP contribution in [0.3, 0.4) is 0 Å². The summed E-state index contributed by atoms with van der Waals surface area (Å²) in [6.07, 6.45) is 4.51. The number of halogens is 3. The van der Waals surface area contributed by atoms with Crippen molar-refractivity contribution >= 4 is 38.9 Å². The molecule has 25 heavy (non-hydrogen) atoms. The number of nitrogens with one attached hydrogen (secondary N) is 1. The summed E-state index contributed by atoms with van der Waals surface area (Å²) in [5.74, 6) is -1.26. The Bertz CT molecular complexity index is 887. The highest BCUT2D eigenvalue weighted by Crippen LogP contribution is 2.53. The summed E-state index contributed by atoms with van der Waals surface area (Å²) in [7, 11) is 0. The third-order valence-electron chi connectivity index (χ3n) is 6.14. The van der Waals surface area contributed by atoms with Gasteiger partial charge in [-0.1, -0.05) is 11.6 Å². The van der Waals surface area contributed by atoms with E-state index in [1.165, 1.54) is 6.07 Å². The SMILES string of the molecule is O=C(N[C@@H]1C2CCN(CC2)C12CC2)c1cc2cc(F)c(Cl)c(F)c2s1. The molecule has 1 aromatic heterocycles. The monoisotopic (exact) mass is 382 g/mol. The van der Waals surface area contributed by atoms with E-state index in [0.717, 1.165) is 50.1 Å². The third-order valence-corrected chi connectivity index (χ3v) is 7.63. The topological polar surface area (TPSA) is 32.3 Å². The van der Waals surface area contributed by atoms with Crippen LogP contribution < -0.4 is 5.32 Å². The maximum Gasteiger partial charge on any atom is 0.261 e. The molecule has 4 fully saturated rings. The largest absolute Gasteiger partial charge is 0.346 e. The number of piperidine rings is 3. The van der Waals surface area contributed by atoms with Crippen molar-refractivity contribution in [1.29, 1.82) is 0 Å². The van der Waals surface area contributed by atoms with Gasteiger partial charge in [-0.2, -0.15) is 0 Å². The molecule has 2 aromatic rings. The fourth-order valence-corrected chi connectivity index (χ4v) is 5.92. The van der Waals surface area contributed by atoms with Gasteiger partial charge >= 0.3 is 0 Å². The number of benzene rings is 1. The first-order chi connectivity index (χ1) is 12.0. The summed E-state index contributed by atoms with van der Waals surface area (Å²) in [5, 5.41) is 3.07. The van der Waals surface area contributed by atoms with Gasteiger partial charge in [0.1, 0.15) is 10.8 Å². The minimum Gasteiger partial charge on any atom is -0.346 e. The summed E-state index contributed by atoms with van der Waals surface area (Å²) in [4.78, 5) is 15.7. The first-order valence-electron chi connectivity index (χ1n) is 8.62. The zero-order chi connectivity index (χ0) is 17.3. The quantitative estimate of drug-likeness (QED) is 0.790. The van der Waals surface area contributed by atoms with E-state index in [4.69, 9.17) is 11.6 Å². The molecule has 132 valence electrons. The van der Waals surface area contributed by atoms with E-state index >= 15 is 0 Å². The van der Waals surface area contributed by atoms with Crippen LogP contribution in [0, 0.1) is 17.6 Å². The molecule has 1 saturated carbocycles.